The van der Waals surface area contributed by atoms with Crippen molar-refractivity contribution < 1.29 is 4.39 Å². The fourth-order valence-electron chi connectivity index (χ4n) is 2.56. The van der Waals surface area contributed by atoms with Crippen LogP contribution in [0.5, 0.6) is 0 Å². The molecule has 0 saturated heterocycles. The van der Waals surface area contributed by atoms with Gasteiger partial charge in [0.15, 0.2) is 0 Å². The fourth-order valence-corrected chi connectivity index (χ4v) is 3.64. The summed E-state index contributed by atoms with van der Waals surface area (Å²) in [5.74, 6) is 0.976. The number of hydrogen-bond acceptors (Lipinski definition) is 4. The highest BCUT2D eigenvalue weighted by Crippen LogP contribution is 2.36. The summed E-state index contributed by atoms with van der Waals surface area (Å²) in [7, 11) is 0. The number of hydrogen-bond donors (Lipinski definition) is 1. The molecule has 3 nitrogen and oxygen atoms in total. The molecule has 0 fully saturated rings. The minimum absolute atomic E-state index is 0.305. The van der Waals surface area contributed by atoms with Crippen molar-refractivity contribution >= 4 is 33.1 Å². The average Bonchev–Trinajstić information content (AvgIpc) is 3.02. The van der Waals surface area contributed by atoms with Gasteiger partial charge >= 0.3 is 0 Å². The van der Waals surface area contributed by atoms with Crippen LogP contribution in [0.25, 0.3) is 20.7 Å². The highest BCUT2D eigenvalue weighted by molar-refractivity contribution is 7.21. The van der Waals surface area contributed by atoms with Gasteiger partial charge in [0, 0.05) is 4.88 Å². The zero-order chi connectivity index (χ0) is 16.5. The number of halogens is 1. The van der Waals surface area contributed by atoms with Crippen LogP contribution in [-0.4, -0.2) is 9.97 Å². The maximum Gasteiger partial charge on any atom is 0.146 e. The summed E-state index contributed by atoms with van der Waals surface area (Å²) < 4.78 is 13.9. The van der Waals surface area contributed by atoms with E-state index in [-0.39, 0.29) is 5.82 Å². The molecule has 0 spiro atoms. The Kier molecular flexibility index (Phi) is 3.70. The topological polar surface area (TPSA) is 37.8 Å². The van der Waals surface area contributed by atoms with Crippen molar-refractivity contribution in [2.75, 3.05) is 5.32 Å². The first-order valence-electron chi connectivity index (χ1n) is 7.56. The maximum absolute atomic E-state index is 13.9. The molecule has 2 aromatic heterocycles. The number of aromatic nitrogens is 2. The van der Waals surface area contributed by atoms with Gasteiger partial charge in [-0.25, -0.2) is 14.4 Å². The molecule has 0 atom stereocenters. The number of benzene rings is 2. The first kappa shape index (κ1) is 14.8. The zero-order valence-corrected chi connectivity index (χ0v) is 13.8. The minimum atomic E-state index is -0.305. The number of nitrogens with one attached hydrogen (secondary N) is 1. The monoisotopic (exact) mass is 335 g/mol. The number of fused-ring (bicyclic) bond motifs is 1. The SMILES string of the molecule is Cc1nc(Nc2ccccc2F)c2cc(-c3ccccc3)sc2n1. The van der Waals surface area contributed by atoms with Crippen molar-refractivity contribution in [1.82, 2.24) is 9.97 Å². The van der Waals surface area contributed by atoms with E-state index in [1.807, 2.05) is 25.1 Å². The van der Waals surface area contributed by atoms with Crippen LogP contribution in [-0.2, 0) is 0 Å². The summed E-state index contributed by atoms with van der Waals surface area (Å²) in [6.07, 6.45) is 0. The van der Waals surface area contributed by atoms with Gasteiger partial charge in [-0.05, 0) is 30.7 Å². The molecule has 0 bridgehead atoms. The average molecular weight is 335 g/mol. The molecule has 5 heteroatoms. The molecule has 4 rings (SSSR count). The van der Waals surface area contributed by atoms with E-state index < -0.39 is 0 Å². The second kappa shape index (κ2) is 6.02. The molecule has 0 aliphatic carbocycles. The van der Waals surface area contributed by atoms with Gasteiger partial charge < -0.3 is 5.32 Å². The van der Waals surface area contributed by atoms with Crippen LogP contribution in [0.1, 0.15) is 5.82 Å². The Morgan fingerprint density at radius 2 is 1.71 bits per heavy atom. The summed E-state index contributed by atoms with van der Waals surface area (Å²) >= 11 is 1.61. The first-order valence-corrected chi connectivity index (χ1v) is 8.37. The van der Waals surface area contributed by atoms with Gasteiger partial charge in [0.1, 0.15) is 22.3 Å². The third-order valence-corrected chi connectivity index (χ3v) is 4.77. The highest BCUT2D eigenvalue weighted by Gasteiger charge is 2.13. The normalized spacial score (nSPS) is 10.9. The fraction of sp³-hybridized carbons (Fsp3) is 0.0526. The van der Waals surface area contributed by atoms with E-state index in [9.17, 15) is 4.39 Å². The molecular formula is C19H14FN3S. The third kappa shape index (κ3) is 2.74. The van der Waals surface area contributed by atoms with Crippen molar-refractivity contribution in [3.05, 3.63) is 72.3 Å². The molecule has 0 amide bonds. The molecule has 24 heavy (non-hydrogen) atoms. The van der Waals surface area contributed by atoms with E-state index in [0.29, 0.717) is 17.3 Å². The van der Waals surface area contributed by atoms with Crippen LogP contribution in [0.3, 0.4) is 0 Å². The van der Waals surface area contributed by atoms with Crippen LogP contribution in [0, 0.1) is 12.7 Å². The number of para-hydroxylation sites is 1. The molecule has 4 aromatic rings. The molecule has 118 valence electrons. The molecule has 0 radical (unpaired) electrons. The van der Waals surface area contributed by atoms with Crippen LogP contribution < -0.4 is 5.32 Å². The summed E-state index contributed by atoms with van der Waals surface area (Å²) in [5, 5.41) is 4.00. The predicted molar refractivity (Wildman–Crippen MR) is 97.3 cm³/mol. The van der Waals surface area contributed by atoms with E-state index in [1.165, 1.54) is 6.07 Å². The van der Waals surface area contributed by atoms with Crippen molar-refractivity contribution in [3.8, 4) is 10.4 Å². The van der Waals surface area contributed by atoms with E-state index in [2.05, 4.69) is 33.5 Å². The summed E-state index contributed by atoms with van der Waals surface area (Å²) in [5.41, 5.74) is 1.54. The van der Waals surface area contributed by atoms with Crippen LogP contribution in [0.4, 0.5) is 15.9 Å². The van der Waals surface area contributed by atoms with Crippen molar-refractivity contribution in [2.45, 2.75) is 6.92 Å². The van der Waals surface area contributed by atoms with E-state index >= 15 is 0 Å². The molecular weight excluding hydrogens is 321 g/mol. The summed E-state index contributed by atoms with van der Waals surface area (Å²) in [4.78, 5) is 11.0. The van der Waals surface area contributed by atoms with Crippen molar-refractivity contribution in [2.24, 2.45) is 0 Å². The van der Waals surface area contributed by atoms with Crippen LogP contribution >= 0.6 is 11.3 Å². The Hall–Kier alpha value is -2.79. The highest BCUT2D eigenvalue weighted by atomic mass is 32.1. The lowest BCUT2D eigenvalue weighted by atomic mass is 10.2. The van der Waals surface area contributed by atoms with Gasteiger partial charge in [0.2, 0.25) is 0 Å². The number of aryl methyl sites for hydroxylation is 1. The largest absolute Gasteiger partial charge is 0.337 e. The quantitative estimate of drug-likeness (QED) is 0.533. The Morgan fingerprint density at radius 1 is 0.958 bits per heavy atom. The van der Waals surface area contributed by atoms with Gasteiger partial charge in [-0.15, -0.1) is 11.3 Å². The molecule has 0 aliphatic rings. The van der Waals surface area contributed by atoms with Gasteiger partial charge in [-0.1, -0.05) is 42.5 Å². The zero-order valence-electron chi connectivity index (χ0n) is 13.0. The number of rotatable bonds is 3. The lowest BCUT2D eigenvalue weighted by molar-refractivity contribution is 0.632. The predicted octanol–water partition coefficient (Wildman–Crippen LogP) is 5.55. The molecule has 1 N–H and O–H groups in total. The van der Waals surface area contributed by atoms with E-state index in [4.69, 9.17) is 0 Å². The van der Waals surface area contributed by atoms with E-state index in [1.54, 1.807) is 29.5 Å². The molecule has 0 unspecified atom stereocenters. The first-order chi connectivity index (χ1) is 11.7. The maximum atomic E-state index is 13.9. The second-order valence-corrected chi connectivity index (χ2v) is 6.45. The Labute approximate surface area is 142 Å². The standard InChI is InChI=1S/C19H14FN3S/c1-12-21-18(23-16-10-6-5-9-15(16)20)14-11-17(24-19(14)22-12)13-7-3-2-4-8-13/h2-11H,1H3,(H,21,22,23). The lowest BCUT2D eigenvalue weighted by Crippen LogP contribution is -1.99. The van der Waals surface area contributed by atoms with Crippen molar-refractivity contribution in [3.63, 3.8) is 0 Å². The molecule has 2 aromatic carbocycles. The number of anilines is 2. The smallest absolute Gasteiger partial charge is 0.146 e. The van der Waals surface area contributed by atoms with Crippen LogP contribution in [0.15, 0.2) is 60.7 Å². The van der Waals surface area contributed by atoms with Gasteiger partial charge in [0.05, 0.1) is 11.1 Å². The molecule has 0 aliphatic heterocycles. The summed E-state index contributed by atoms with van der Waals surface area (Å²) in [6, 6.07) is 18.8. The number of thiophene rings is 1. The molecule has 0 saturated carbocycles. The van der Waals surface area contributed by atoms with E-state index in [0.717, 1.165) is 20.7 Å². The Bertz CT molecular complexity index is 1010. The Balaban J connectivity index is 1.83. The number of nitrogens with zero attached hydrogens (tertiary/aromatic N) is 2. The minimum Gasteiger partial charge on any atom is -0.337 e. The Morgan fingerprint density at radius 3 is 2.50 bits per heavy atom. The van der Waals surface area contributed by atoms with Crippen LogP contribution in [0.2, 0.25) is 0 Å². The third-order valence-electron chi connectivity index (χ3n) is 3.69. The van der Waals surface area contributed by atoms with Gasteiger partial charge in [-0.3, -0.25) is 0 Å². The lowest BCUT2D eigenvalue weighted by Gasteiger charge is -2.08. The molecule has 2 heterocycles. The van der Waals surface area contributed by atoms with Gasteiger partial charge in [-0.2, -0.15) is 0 Å². The second-order valence-electron chi connectivity index (χ2n) is 5.42. The van der Waals surface area contributed by atoms with Gasteiger partial charge in [0.25, 0.3) is 0 Å². The van der Waals surface area contributed by atoms with Crippen molar-refractivity contribution in [1.29, 1.82) is 0 Å². The summed E-state index contributed by atoms with van der Waals surface area (Å²) in [6.45, 7) is 1.84.